The van der Waals surface area contributed by atoms with E-state index in [1.54, 1.807) is 0 Å². The van der Waals surface area contributed by atoms with Crippen molar-refractivity contribution in [2.45, 2.75) is 0 Å². The second-order valence-corrected chi connectivity index (χ2v) is 5.12. The number of nitrogens with two attached hydrogens (primary N) is 2. The Morgan fingerprint density at radius 3 is 1.00 bits per heavy atom. The van der Waals surface area contributed by atoms with Gasteiger partial charge in [-0.1, -0.05) is 0 Å². The molecule has 0 aromatic carbocycles. The van der Waals surface area contributed by atoms with Crippen LogP contribution in [-0.2, 0) is 4.57 Å². The molecule has 21 heavy (non-hydrogen) atoms. The van der Waals surface area contributed by atoms with Gasteiger partial charge in [-0.05, 0) is 0 Å². The molecule has 0 unspecified atom stereocenters. The summed E-state index contributed by atoms with van der Waals surface area (Å²) >= 11 is 0. The van der Waals surface area contributed by atoms with Gasteiger partial charge in [0.2, 0.25) is 0 Å². The molecule has 0 saturated heterocycles. The van der Waals surface area contributed by atoms with Gasteiger partial charge in [0.05, 0.1) is 0 Å². The Labute approximate surface area is 126 Å². The molecule has 0 aliphatic carbocycles. The number of hydrogen-bond donors (Lipinski definition) is 9. The number of rotatable bonds is 13. The largest absolute Gasteiger partial charge is 0.466 e. The van der Waals surface area contributed by atoms with Gasteiger partial charge in [-0.25, -0.2) is 4.57 Å². The molecule has 0 fully saturated rings. The van der Waals surface area contributed by atoms with Gasteiger partial charge < -0.3 is 47.4 Å². The molecule has 0 amide bonds. The second kappa shape index (κ2) is 17.9. The Balaban J connectivity index is 0. The molecule has 0 radical (unpaired) electrons. The third kappa shape index (κ3) is 38.3. The molecular weight excluding hydrogens is 299 g/mol. The van der Waals surface area contributed by atoms with Crippen molar-refractivity contribution in [3.63, 3.8) is 0 Å². The highest BCUT2D eigenvalue weighted by Gasteiger charge is 2.00. The molecule has 0 atom stereocenters. The Bertz CT molecular complexity index is 221. The second-order valence-electron chi connectivity index (χ2n) is 4.09. The zero-order chi connectivity index (χ0) is 16.4. The number of hydrogen-bond acceptors (Lipinski definition) is 7. The van der Waals surface area contributed by atoms with Crippen LogP contribution in [0.2, 0.25) is 0 Å². The van der Waals surface area contributed by atoms with Gasteiger partial charge >= 0.3 is 7.82 Å². The van der Waals surface area contributed by atoms with Crippen molar-refractivity contribution in [2.24, 2.45) is 11.5 Å². The van der Waals surface area contributed by atoms with E-state index in [2.05, 4.69) is 21.3 Å². The first kappa shape index (κ1) is 23.1. The molecule has 0 aromatic rings. The summed E-state index contributed by atoms with van der Waals surface area (Å²) in [5, 5.41) is 13.1. The van der Waals surface area contributed by atoms with Gasteiger partial charge in [-0.15, -0.1) is 0 Å². The summed E-state index contributed by atoms with van der Waals surface area (Å²) < 4.78 is 8.88. The third-order valence-electron chi connectivity index (χ3n) is 2.08. The van der Waals surface area contributed by atoms with Crippen LogP contribution in [0.1, 0.15) is 0 Å². The fourth-order valence-electron chi connectivity index (χ4n) is 1.23. The Morgan fingerprint density at radius 2 is 0.810 bits per heavy atom. The van der Waals surface area contributed by atoms with E-state index in [1.807, 2.05) is 0 Å². The lowest BCUT2D eigenvalue weighted by atomic mass is 10.5. The van der Waals surface area contributed by atoms with E-state index in [-0.39, 0.29) is 0 Å². The fraction of sp³-hybridized carbons (Fsp3) is 1.00. The molecule has 0 heterocycles. The van der Waals surface area contributed by atoms with Crippen molar-refractivity contribution in [3.05, 3.63) is 0 Å². The van der Waals surface area contributed by atoms with Crippen LogP contribution in [0.15, 0.2) is 0 Å². The minimum Gasteiger partial charge on any atom is -0.329 e. The van der Waals surface area contributed by atoms with Crippen LogP contribution < -0.4 is 32.7 Å². The van der Waals surface area contributed by atoms with Gasteiger partial charge in [0, 0.05) is 65.4 Å². The Morgan fingerprint density at radius 1 is 0.619 bits per heavy atom. The van der Waals surface area contributed by atoms with Crippen molar-refractivity contribution in [1.29, 1.82) is 0 Å². The summed E-state index contributed by atoms with van der Waals surface area (Å²) in [5.41, 5.74) is 10.7. The third-order valence-corrected chi connectivity index (χ3v) is 2.08. The molecule has 11 N–H and O–H groups in total. The van der Waals surface area contributed by atoms with E-state index in [9.17, 15) is 0 Å². The highest BCUT2D eigenvalue weighted by molar-refractivity contribution is 7.45. The predicted molar refractivity (Wildman–Crippen MR) is 83.9 cm³/mol. The van der Waals surface area contributed by atoms with Crippen molar-refractivity contribution in [3.8, 4) is 0 Å². The van der Waals surface area contributed by atoms with Crippen molar-refractivity contribution in [1.82, 2.24) is 21.3 Å². The normalized spacial score (nSPS) is 11.1. The maximum absolute atomic E-state index is 8.88. The van der Waals surface area contributed by atoms with Crippen LogP contribution in [0, 0.1) is 0 Å². The maximum Gasteiger partial charge on any atom is 0.466 e. The topological polar surface area (TPSA) is 178 Å². The smallest absolute Gasteiger partial charge is 0.329 e. The molecule has 0 aliphatic heterocycles. The summed E-state index contributed by atoms with van der Waals surface area (Å²) in [7, 11) is -4.64. The molecule has 130 valence electrons. The molecule has 0 bridgehead atoms. The lowest BCUT2D eigenvalue weighted by Gasteiger charge is -2.07. The van der Waals surface area contributed by atoms with E-state index in [0.29, 0.717) is 13.1 Å². The van der Waals surface area contributed by atoms with E-state index in [4.69, 9.17) is 30.7 Å². The highest BCUT2D eigenvalue weighted by atomic mass is 31.2. The standard InChI is InChI=1S/C10H28N6.H3O4P/c11-1-3-13-5-7-15-9-10-16-8-6-14-4-2-12;1-5(2,3)4/h13-16H,1-12H2;(H3,1,2,3,4). The molecule has 0 spiro atoms. The molecule has 0 saturated carbocycles. The van der Waals surface area contributed by atoms with Crippen molar-refractivity contribution in [2.75, 3.05) is 65.4 Å². The van der Waals surface area contributed by atoms with Crippen LogP contribution in [0.25, 0.3) is 0 Å². The monoisotopic (exact) mass is 330 g/mol. The first-order valence-electron chi connectivity index (χ1n) is 6.93. The zero-order valence-corrected chi connectivity index (χ0v) is 13.3. The van der Waals surface area contributed by atoms with Crippen LogP contribution in [0.3, 0.4) is 0 Å². The van der Waals surface area contributed by atoms with Gasteiger partial charge in [0.25, 0.3) is 0 Å². The minimum atomic E-state index is -4.64. The number of nitrogens with one attached hydrogen (secondary N) is 4. The van der Waals surface area contributed by atoms with E-state index in [1.165, 1.54) is 0 Å². The molecule has 0 rings (SSSR count). The molecule has 0 aliphatic rings. The van der Waals surface area contributed by atoms with Gasteiger partial charge in [0.1, 0.15) is 0 Å². The molecule has 11 heteroatoms. The lowest BCUT2D eigenvalue weighted by Crippen LogP contribution is -2.36. The maximum atomic E-state index is 8.88. The molecular formula is C10H31N6O4P. The fourth-order valence-corrected chi connectivity index (χ4v) is 1.23. The highest BCUT2D eigenvalue weighted by Crippen LogP contribution is 2.25. The van der Waals surface area contributed by atoms with E-state index < -0.39 is 7.82 Å². The van der Waals surface area contributed by atoms with E-state index in [0.717, 1.165) is 52.4 Å². The zero-order valence-electron chi connectivity index (χ0n) is 12.4. The quantitative estimate of drug-likeness (QED) is 0.121. The summed E-state index contributed by atoms with van der Waals surface area (Å²) in [6.45, 7) is 9.15. The summed E-state index contributed by atoms with van der Waals surface area (Å²) in [6.07, 6.45) is 0. The van der Waals surface area contributed by atoms with Gasteiger partial charge in [-0.3, -0.25) is 0 Å². The molecule has 10 nitrogen and oxygen atoms in total. The van der Waals surface area contributed by atoms with Crippen LogP contribution >= 0.6 is 7.82 Å². The SMILES string of the molecule is NCCNCCNCCNCCNCCN.O=P(O)(O)O. The van der Waals surface area contributed by atoms with Crippen LogP contribution in [-0.4, -0.2) is 80.1 Å². The summed E-state index contributed by atoms with van der Waals surface area (Å²) in [4.78, 5) is 21.6. The average Bonchev–Trinajstić information content (AvgIpc) is 2.38. The average molecular weight is 330 g/mol. The minimum absolute atomic E-state index is 0.706. The predicted octanol–water partition coefficient (Wildman–Crippen LogP) is -3.67. The first-order valence-corrected chi connectivity index (χ1v) is 8.49. The first-order chi connectivity index (χ1) is 9.91. The molecule has 0 aromatic heterocycles. The van der Waals surface area contributed by atoms with Crippen LogP contribution in [0.4, 0.5) is 0 Å². The van der Waals surface area contributed by atoms with Gasteiger partial charge in [0.15, 0.2) is 0 Å². The Hall–Kier alpha value is -0.130. The van der Waals surface area contributed by atoms with E-state index >= 15 is 0 Å². The number of phosphoric acid groups is 1. The van der Waals surface area contributed by atoms with Crippen LogP contribution in [0.5, 0.6) is 0 Å². The lowest BCUT2D eigenvalue weighted by molar-refractivity contribution is 0.275. The van der Waals surface area contributed by atoms with Gasteiger partial charge in [-0.2, -0.15) is 0 Å². The van der Waals surface area contributed by atoms with Crippen molar-refractivity contribution < 1.29 is 19.2 Å². The summed E-state index contributed by atoms with van der Waals surface area (Å²) in [5.74, 6) is 0. The Kier molecular flexibility index (Phi) is 19.7. The summed E-state index contributed by atoms with van der Waals surface area (Å²) in [6, 6.07) is 0. The van der Waals surface area contributed by atoms with Crippen molar-refractivity contribution >= 4 is 7.82 Å².